The summed E-state index contributed by atoms with van der Waals surface area (Å²) in [7, 11) is 0. The Morgan fingerprint density at radius 2 is 1.84 bits per heavy atom. The topological polar surface area (TPSA) is 69.2 Å². The first kappa shape index (κ1) is 26.9. The van der Waals surface area contributed by atoms with Crippen molar-refractivity contribution in [2.45, 2.75) is 52.7 Å². The highest BCUT2D eigenvalue weighted by atomic mass is 127. The Morgan fingerprint density at radius 3 is 2.47 bits per heavy atom. The predicted molar refractivity (Wildman–Crippen MR) is 140 cm³/mol. The molecule has 7 nitrogen and oxygen atoms in total. The summed E-state index contributed by atoms with van der Waals surface area (Å²) >= 11 is 0. The highest BCUT2D eigenvalue weighted by Crippen LogP contribution is 2.18. The van der Waals surface area contributed by atoms with Crippen molar-refractivity contribution >= 4 is 35.8 Å². The Morgan fingerprint density at radius 1 is 1.12 bits per heavy atom. The maximum absolute atomic E-state index is 12.0. The first-order valence-corrected chi connectivity index (χ1v) is 11.8. The highest BCUT2D eigenvalue weighted by Gasteiger charge is 2.24. The molecule has 8 heteroatoms. The Hall–Kier alpha value is -1.39. The minimum atomic E-state index is 0. The summed E-state index contributed by atoms with van der Waals surface area (Å²) in [4.78, 5) is 21.4. The molecule has 1 atom stereocenters. The van der Waals surface area contributed by atoms with Crippen molar-refractivity contribution in [3.63, 3.8) is 0 Å². The molecular weight excluding hydrogens is 517 g/mol. The fourth-order valence-corrected chi connectivity index (χ4v) is 4.35. The molecule has 0 radical (unpaired) electrons. The number of rotatable bonds is 9. The largest absolute Gasteiger partial charge is 0.379 e. The van der Waals surface area contributed by atoms with Crippen LogP contribution in [0.1, 0.15) is 44.7 Å². The molecule has 0 saturated carbocycles. The van der Waals surface area contributed by atoms with E-state index >= 15 is 0 Å². The molecule has 1 aromatic rings. The first-order chi connectivity index (χ1) is 15.1. The molecule has 1 amide bonds. The van der Waals surface area contributed by atoms with Gasteiger partial charge in [0.15, 0.2) is 5.96 Å². The number of aliphatic imine (C=N–C) groups is 1. The summed E-state index contributed by atoms with van der Waals surface area (Å²) in [5.41, 5.74) is 2.36. The summed E-state index contributed by atoms with van der Waals surface area (Å²) in [6.07, 6.45) is 1.64. The lowest BCUT2D eigenvalue weighted by atomic mass is 10.0. The number of carbonyl (C=O) groups excluding carboxylic acids is 1. The maximum atomic E-state index is 12.0. The standard InChI is InChI=1S/C24H39N5O2.HI/c1-4-25-24(27-17-22(19(2)3)28-12-14-31-15-13-28)26-16-20-8-5-6-9-21(20)18-29-11-7-10-23(29)30;/h5-6,8-9,19,22H,4,7,10-18H2,1-3H3,(H2,25,26,27);1H. The molecule has 2 saturated heterocycles. The van der Waals surface area contributed by atoms with Crippen LogP contribution in [0.4, 0.5) is 0 Å². The zero-order valence-corrected chi connectivity index (χ0v) is 22.1. The molecule has 0 aliphatic carbocycles. The van der Waals surface area contributed by atoms with Gasteiger partial charge in [-0.15, -0.1) is 24.0 Å². The normalized spacial score (nSPS) is 18.6. The van der Waals surface area contributed by atoms with E-state index in [1.165, 1.54) is 11.1 Å². The Labute approximate surface area is 210 Å². The fraction of sp³-hybridized carbons (Fsp3) is 0.667. The van der Waals surface area contributed by atoms with Crippen LogP contribution >= 0.6 is 24.0 Å². The van der Waals surface area contributed by atoms with E-state index in [-0.39, 0.29) is 29.9 Å². The van der Waals surface area contributed by atoms with E-state index in [0.29, 0.717) is 31.5 Å². The minimum Gasteiger partial charge on any atom is -0.379 e. The Balaban J connectivity index is 0.00000363. The summed E-state index contributed by atoms with van der Waals surface area (Å²) in [5.74, 6) is 1.65. The number of nitrogens with zero attached hydrogens (tertiary/aromatic N) is 3. The van der Waals surface area contributed by atoms with Crippen LogP contribution in [-0.4, -0.2) is 73.6 Å². The second kappa shape index (κ2) is 14.0. The molecule has 2 aliphatic heterocycles. The zero-order chi connectivity index (χ0) is 22.1. The van der Waals surface area contributed by atoms with Crippen molar-refractivity contribution < 1.29 is 9.53 Å². The molecule has 3 rings (SSSR count). The molecule has 2 aliphatic rings. The second-order valence-electron chi connectivity index (χ2n) is 8.72. The summed E-state index contributed by atoms with van der Waals surface area (Å²) in [6, 6.07) is 8.77. The van der Waals surface area contributed by atoms with Crippen LogP contribution < -0.4 is 10.6 Å². The van der Waals surface area contributed by atoms with Gasteiger partial charge >= 0.3 is 0 Å². The molecule has 1 aromatic carbocycles. The molecule has 2 heterocycles. The van der Waals surface area contributed by atoms with Gasteiger partial charge in [0, 0.05) is 51.7 Å². The molecule has 0 bridgehead atoms. The van der Waals surface area contributed by atoms with Gasteiger partial charge in [-0.25, -0.2) is 4.99 Å². The lowest BCUT2D eigenvalue weighted by Gasteiger charge is -2.37. The summed E-state index contributed by atoms with van der Waals surface area (Å²) in [5, 5.41) is 6.94. The Bertz CT molecular complexity index is 737. The van der Waals surface area contributed by atoms with Crippen molar-refractivity contribution in [2.24, 2.45) is 10.9 Å². The van der Waals surface area contributed by atoms with Crippen LogP contribution in [0.15, 0.2) is 29.3 Å². The van der Waals surface area contributed by atoms with Gasteiger partial charge < -0.3 is 20.3 Å². The van der Waals surface area contributed by atoms with Gasteiger partial charge in [-0.2, -0.15) is 0 Å². The van der Waals surface area contributed by atoms with Crippen molar-refractivity contribution in [3.8, 4) is 0 Å². The lowest BCUT2D eigenvalue weighted by molar-refractivity contribution is -0.128. The van der Waals surface area contributed by atoms with Gasteiger partial charge in [0.25, 0.3) is 0 Å². The molecule has 180 valence electrons. The number of hydrogen-bond acceptors (Lipinski definition) is 4. The number of halogens is 1. The third-order valence-corrected chi connectivity index (χ3v) is 6.17. The molecule has 2 N–H and O–H groups in total. The minimum absolute atomic E-state index is 0. The number of guanidine groups is 1. The van der Waals surface area contributed by atoms with Gasteiger partial charge in [-0.3, -0.25) is 9.69 Å². The van der Waals surface area contributed by atoms with Crippen molar-refractivity contribution in [3.05, 3.63) is 35.4 Å². The van der Waals surface area contributed by atoms with Gasteiger partial charge in [0.05, 0.1) is 19.8 Å². The van der Waals surface area contributed by atoms with Crippen LogP contribution in [0.3, 0.4) is 0 Å². The average Bonchev–Trinajstić information content (AvgIpc) is 3.18. The number of nitrogens with one attached hydrogen (secondary N) is 2. The van der Waals surface area contributed by atoms with Gasteiger partial charge in [0.2, 0.25) is 5.91 Å². The number of ether oxygens (including phenoxy) is 1. The summed E-state index contributed by atoms with van der Waals surface area (Å²) < 4.78 is 5.52. The smallest absolute Gasteiger partial charge is 0.222 e. The van der Waals surface area contributed by atoms with Gasteiger partial charge in [0.1, 0.15) is 0 Å². The summed E-state index contributed by atoms with van der Waals surface area (Å²) in [6.45, 7) is 14.1. The maximum Gasteiger partial charge on any atom is 0.222 e. The molecule has 0 aromatic heterocycles. The molecular formula is C24H40IN5O2. The van der Waals surface area contributed by atoms with Crippen LogP contribution in [0.25, 0.3) is 0 Å². The predicted octanol–water partition coefficient (Wildman–Crippen LogP) is 2.84. The zero-order valence-electron chi connectivity index (χ0n) is 19.8. The van der Waals surface area contributed by atoms with E-state index in [2.05, 4.69) is 48.4 Å². The van der Waals surface area contributed by atoms with Gasteiger partial charge in [-0.1, -0.05) is 38.1 Å². The Kier molecular flexibility index (Phi) is 11.7. The van der Waals surface area contributed by atoms with E-state index in [4.69, 9.17) is 9.73 Å². The number of hydrogen-bond donors (Lipinski definition) is 2. The van der Waals surface area contributed by atoms with E-state index in [0.717, 1.165) is 58.3 Å². The van der Waals surface area contributed by atoms with E-state index in [1.807, 2.05) is 17.0 Å². The third-order valence-electron chi connectivity index (χ3n) is 6.17. The molecule has 32 heavy (non-hydrogen) atoms. The van der Waals surface area contributed by atoms with Crippen LogP contribution in [0, 0.1) is 5.92 Å². The van der Waals surface area contributed by atoms with Crippen molar-refractivity contribution in [1.82, 2.24) is 20.4 Å². The van der Waals surface area contributed by atoms with Crippen molar-refractivity contribution in [1.29, 1.82) is 0 Å². The number of amides is 1. The third kappa shape index (κ3) is 7.88. The van der Waals surface area contributed by atoms with E-state index in [9.17, 15) is 4.79 Å². The average molecular weight is 558 g/mol. The van der Waals surface area contributed by atoms with E-state index in [1.54, 1.807) is 0 Å². The first-order valence-electron chi connectivity index (χ1n) is 11.8. The van der Waals surface area contributed by atoms with E-state index < -0.39 is 0 Å². The van der Waals surface area contributed by atoms with Gasteiger partial charge in [-0.05, 0) is 30.4 Å². The molecule has 1 unspecified atom stereocenters. The lowest BCUT2D eigenvalue weighted by Crippen LogP contribution is -2.52. The van der Waals surface area contributed by atoms with Crippen LogP contribution in [0.5, 0.6) is 0 Å². The van der Waals surface area contributed by atoms with Crippen molar-refractivity contribution in [2.75, 3.05) is 45.9 Å². The number of benzene rings is 1. The number of morpholine rings is 1. The SMILES string of the molecule is CCNC(=NCc1ccccc1CN1CCCC1=O)NCC(C(C)C)N1CCOCC1.I. The highest BCUT2D eigenvalue weighted by molar-refractivity contribution is 14.0. The molecule has 2 fully saturated rings. The quantitative estimate of drug-likeness (QED) is 0.278. The molecule has 0 spiro atoms. The second-order valence-corrected chi connectivity index (χ2v) is 8.72. The number of likely N-dealkylation sites (tertiary alicyclic amines) is 1. The fourth-order valence-electron chi connectivity index (χ4n) is 4.35. The monoisotopic (exact) mass is 557 g/mol. The van der Waals surface area contributed by atoms with Crippen LogP contribution in [-0.2, 0) is 22.6 Å². The number of carbonyl (C=O) groups is 1. The van der Waals surface area contributed by atoms with Crippen LogP contribution in [0.2, 0.25) is 0 Å².